The molecule has 0 aliphatic heterocycles. The van der Waals surface area contributed by atoms with E-state index in [9.17, 15) is 0 Å². The smallest absolute Gasteiger partial charge is 0.0462 e. The van der Waals surface area contributed by atoms with Crippen molar-refractivity contribution in [3.05, 3.63) is 0 Å². The summed E-state index contributed by atoms with van der Waals surface area (Å²) >= 11 is 0. The third kappa shape index (κ3) is 10.2. The van der Waals surface area contributed by atoms with Crippen LogP contribution < -0.4 is 5.32 Å². The molecule has 1 unspecified atom stereocenters. The first-order chi connectivity index (χ1) is 7.35. The summed E-state index contributed by atoms with van der Waals surface area (Å²) in [6.07, 6.45) is 7.81. The average molecular weight is 215 g/mol. The molecule has 0 bridgehead atoms. The molecule has 0 saturated heterocycles. The number of hydrogen-bond acceptors (Lipinski definition) is 2. The molecule has 1 atom stereocenters. The number of methoxy groups -OCH3 is 1. The molecule has 0 fully saturated rings. The Morgan fingerprint density at radius 1 is 1.07 bits per heavy atom. The average Bonchev–Trinajstić information content (AvgIpc) is 2.26. The second-order valence-electron chi connectivity index (χ2n) is 4.30. The fourth-order valence-corrected chi connectivity index (χ4v) is 1.89. The molecule has 0 amide bonds. The lowest BCUT2D eigenvalue weighted by molar-refractivity contribution is 0.185. The predicted octanol–water partition coefficient (Wildman–Crippen LogP) is 3.22. The molecule has 15 heavy (non-hydrogen) atoms. The van der Waals surface area contributed by atoms with Crippen LogP contribution in [0.2, 0.25) is 0 Å². The Balaban J connectivity index is 3.28. The fourth-order valence-electron chi connectivity index (χ4n) is 1.89. The van der Waals surface area contributed by atoms with Crippen LogP contribution in [-0.2, 0) is 4.74 Å². The van der Waals surface area contributed by atoms with Gasteiger partial charge in [-0.05, 0) is 51.1 Å². The second kappa shape index (κ2) is 12.0. The van der Waals surface area contributed by atoms with Gasteiger partial charge in [0.2, 0.25) is 0 Å². The van der Waals surface area contributed by atoms with E-state index in [2.05, 4.69) is 19.2 Å². The van der Waals surface area contributed by atoms with Gasteiger partial charge in [0.05, 0.1) is 0 Å². The second-order valence-corrected chi connectivity index (χ2v) is 4.30. The Morgan fingerprint density at radius 3 is 2.40 bits per heavy atom. The van der Waals surface area contributed by atoms with Crippen LogP contribution in [0.15, 0.2) is 0 Å². The summed E-state index contributed by atoms with van der Waals surface area (Å²) in [5.41, 5.74) is 0. The normalized spacial score (nSPS) is 13.0. The third-order valence-corrected chi connectivity index (χ3v) is 2.93. The number of rotatable bonds is 11. The van der Waals surface area contributed by atoms with Crippen molar-refractivity contribution in [3.63, 3.8) is 0 Å². The monoisotopic (exact) mass is 215 g/mol. The highest BCUT2D eigenvalue weighted by molar-refractivity contribution is 4.59. The van der Waals surface area contributed by atoms with Crippen molar-refractivity contribution in [1.82, 2.24) is 5.32 Å². The standard InChI is InChI=1S/C13H29NO/c1-4-10-14-11-6-8-13(5-2)9-7-12-15-3/h13-14H,4-12H2,1-3H3. The van der Waals surface area contributed by atoms with Gasteiger partial charge in [-0.15, -0.1) is 0 Å². The van der Waals surface area contributed by atoms with Gasteiger partial charge in [0.15, 0.2) is 0 Å². The Morgan fingerprint density at radius 2 is 1.80 bits per heavy atom. The van der Waals surface area contributed by atoms with Gasteiger partial charge in [0.1, 0.15) is 0 Å². The molecule has 0 aromatic rings. The molecule has 2 heteroatoms. The molecular weight excluding hydrogens is 186 g/mol. The zero-order chi connectivity index (χ0) is 11.4. The minimum Gasteiger partial charge on any atom is -0.385 e. The molecule has 92 valence electrons. The molecular formula is C13H29NO. The van der Waals surface area contributed by atoms with Crippen LogP contribution in [0.5, 0.6) is 0 Å². The summed E-state index contributed by atoms with van der Waals surface area (Å²) in [4.78, 5) is 0. The Bertz CT molecular complexity index is 117. The lowest BCUT2D eigenvalue weighted by Gasteiger charge is -2.14. The fraction of sp³-hybridized carbons (Fsp3) is 1.00. The van der Waals surface area contributed by atoms with E-state index in [1.165, 1.54) is 51.6 Å². The SMILES string of the molecule is CCCNCCCC(CC)CCCOC. The number of nitrogens with one attached hydrogen (secondary N) is 1. The summed E-state index contributed by atoms with van der Waals surface area (Å²) in [5, 5.41) is 3.46. The summed E-state index contributed by atoms with van der Waals surface area (Å²) in [6, 6.07) is 0. The minimum atomic E-state index is 0.906. The van der Waals surface area contributed by atoms with E-state index >= 15 is 0 Å². The van der Waals surface area contributed by atoms with Crippen molar-refractivity contribution in [1.29, 1.82) is 0 Å². The Labute approximate surface area is 95.8 Å². The van der Waals surface area contributed by atoms with Crippen molar-refractivity contribution < 1.29 is 4.74 Å². The highest BCUT2D eigenvalue weighted by Crippen LogP contribution is 2.16. The van der Waals surface area contributed by atoms with Crippen LogP contribution in [0.3, 0.4) is 0 Å². The number of ether oxygens (including phenoxy) is 1. The first-order valence-corrected chi connectivity index (χ1v) is 6.54. The molecule has 0 aliphatic rings. The van der Waals surface area contributed by atoms with E-state index in [0.717, 1.165) is 12.5 Å². The van der Waals surface area contributed by atoms with Crippen LogP contribution in [0.25, 0.3) is 0 Å². The summed E-state index contributed by atoms with van der Waals surface area (Å²) < 4.78 is 5.08. The molecule has 0 aromatic carbocycles. The molecule has 0 aliphatic carbocycles. The maximum atomic E-state index is 5.08. The minimum absolute atomic E-state index is 0.906. The van der Waals surface area contributed by atoms with Gasteiger partial charge in [-0.1, -0.05) is 20.3 Å². The summed E-state index contributed by atoms with van der Waals surface area (Å²) in [5.74, 6) is 0.906. The summed E-state index contributed by atoms with van der Waals surface area (Å²) in [7, 11) is 1.79. The maximum absolute atomic E-state index is 5.08. The molecule has 0 aromatic heterocycles. The van der Waals surface area contributed by atoms with Crippen molar-refractivity contribution in [2.24, 2.45) is 5.92 Å². The van der Waals surface area contributed by atoms with Gasteiger partial charge < -0.3 is 10.1 Å². The van der Waals surface area contributed by atoms with Gasteiger partial charge in [-0.3, -0.25) is 0 Å². The highest BCUT2D eigenvalue weighted by Gasteiger charge is 2.05. The predicted molar refractivity (Wildman–Crippen MR) is 67.3 cm³/mol. The number of hydrogen-bond donors (Lipinski definition) is 1. The van der Waals surface area contributed by atoms with Crippen LogP contribution in [0.1, 0.15) is 52.4 Å². The van der Waals surface area contributed by atoms with Crippen molar-refractivity contribution in [2.45, 2.75) is 52.4 Å². The van der Waals surface area contributed by atoms with Crippen molar-refractivity contribution in [2.75, 3.05) is 26.8 Å². The maximum Gasteiger partial charge on any atom is 0.0462 e. The molecule has 0 saturated carbocycles. The quantitative estimate of drug-likeness (QED) is 0.534. The van der Waals surface area contributed by atoms with Crippen molar-refractivity contribution >= 4 is 0 Å². The van der Waals surface area contributed by atoms with Gasteiger partial charge in [0, 0.05) is 13.7 Å². The van der Waals surface area contributed by atoms with E-state index in [4.69, 9.17) is 4.74 Å². The van der Waals surface area contributed by atoms with Crippen LogP contribution in [-0.4, -0.2) is 26.8 Å². The van der Waals surface area contributed by atoms with Gasteiger partial charge in [0.25, 0.3) is 0 Å². The molecule has 0 heterocycles. The van der Waals surface area contributed by atoms with Crippen LogP contribution in [0, 0.1) is 5.92 Å². The van der Waals surface area contributed by atoms with E-state index in [1.54, 1.807) is 7.11 Å². The largest absolute Gasteiger partial charge is 0.385 e. The summed E-state index contributed by atoms with van der Waals surface area (Å²) in [6.45, 7) is 7.79. The Kier molecular flexibility index (Phi) is 11.9. The Hall–Kier alpha value is -0.0800. The van der Waals surface area contributed by atoms with Crippen molar-refractivity contribution in [3.8, 4) is 0 Å². The first-order valence-electron chi connectivity index (χ1n) is 6.54. The molecule has 1 N–H and O–H groups in total. The van der Waals surface area contributed by atoms with E-state index in [0.29, 0.717) is 0 Å². The van der Waals surface area contributed by atoms with E-state index in [1.807, 2.05) is 0 Å². The van der Waals surface area contributed by atoms with Gasteiger partial charge in [-0.25, -0.2) is 0 Å². The van der Waals surface area contributed by atoms with E-state index < -0.39 is 0 Å². The molecule has 2 nitrogen and oxygen atoms in total. The third-order valence-electron chi connectivity index (χ3n) is 2.93. The van der Waals surface area contributed by atoms with Gasteiger partial charge >= 0.3 is 0 Å². The lowest BCUT2D eigenvalue weighted by Crippen LogP contribution is -2.16. The molecule has 0 spiro atoms. The first kappa shape index (κ1) is 14.9. The molecule has 0 radical (unpaired) electrons. The lowest BCUT2D eigenvalue weighted by atomic mass is 9.95. The van der Waals surface area contributed by atoms with Crippen LogP contribution >= 0.6 is 0 Å². The topological polar surface area (TPSA) is 21.3 Å². The zero-order valence-electron chi connectivity index (χ0n) is 10.8. The highest BCUT2D eigenvalue weighted by atomic mass is 16.5. The zero-order valence-corrected chi connectivity index (χ0v) is 10.8. The van der Waals surface area contributed by atoms with E-state index in [-0.39, 0.29) is 0 Å². The molecule has 0 rings (SSSR count). The van der Waals surface area contributed by atoms with Gasteiger partial charge in [-0.2, -0.15) is 0 Å². The van der Waals surface area contributed by atoms with Crippen LogP contribution in [0.4, 0.5) is 0 Å².